The van der Waals surface area contributed by atoms with E-state index in [1.807, 2.05) is 25.1 Å². The highest BCUT2D eigenvalue weighted by atomic mass is 32.1. The second kappa shape index (κ2) is 4.73. The summed E-state index contributed by atoms with van der Waals surface area (Å²) >= 11 is 5.24. The number of nitrogens with one attached hydrogen (secondary N) is 1. The molecule has 0 aliphatic heterocycles. The lowest BCUT2D eigenvalue weighted by Crippen LogP contribution is -2.06. The summed E-state index contributed by atoms with van der Waals surface area (Å²) in [7, 11) is 0. The Balaban J connectivity index is 2.28. The summed E-state index contributed by atoms with van der Waals surface area (Å²) in [6.07, 6.45) is -4.37. The Morgan fingerprint density at radius 1 is 1.10 bits per heavy atom. The number of fused-ring (bicyclic) bond motifs is 1. The molecule has 0 saturated carbocycles. The van der Waals surface area contributed by atoms with Gasteiger partial charge in [0.1, 0.15) is 0 Å². The van der Waals surface area contributed by atoms with Crippen molar-refractivity contribution in [3.63, 3.8) is 0 Å². The van der Waals surface area contributed by atoms with Crippen LogP contribution >= 0.6 is 12.2 Å². The average Bonchev–Trinajstić information content (AvgIpc) is 2.73. The Bertz CT molecular complexity index is 874. The van der Waals surface area contributed by atoms with Crippen molar-refractivity contribution in [3.05, 3.63) is 58.4 Å². The van der Waals surface area contributed by atoms with Gasteiger partial charge in [-0.05, 0) is 55.0 Å². The van der Waals surface area contributed by atoms with Gasteiger partial charge in [-0.2, -0.15) is 13.2 Å². The third kappa shape index (κ3) is 2.47. The first kappa shape index (κ1) is 13.9. The molecule has 0 spiro atoms. The molecule has 0 atom stereocenters. The van der Waals surface area contributed by atoms with Crippen molar-refractivity contribution in [1.29, 1.82) is 0 Å². The van der Waals surface area contributed by atoms with E-state index in [9.17, 15) is 13.2 Å². The lowest BCUT2D eigenvalue weighted by molar-refractivity contribution is -0.137. The van der Waals surface area contributed by atoms with Crippen LogP contribution in [0.5, 0.6) is 0 Å². The Morgan fingerprint density at radius 3 is 2.57 bits per heavy atom. The highest BCUT2D eigenvalue weighted by Gasteiger charge is 2.30. The van der Waals surface area contributed by atoms with Crippen LogP contribution in [0, 0.1) is 11.7 Å². The number of aromatic amines is 1. The molecule has 0 bridgehead atoms. The number of aryl methyl sites for hydroxylation is 1. The first-order valence-corrected chi connectivity index (χ1v) is 6.66. The predicted octanol–water partition coefficient (Wildman–Crippen LogP) is 5.02. The summed E-state index contributed by atoms with van der Waals surface area (Å²) in [6, 6.07) is 10.8. The van der Waals surface area contributed by atoms with E-state index in [0.29, 0.717) is 10.5 Å². The molecule has 3 aromatic rings. The molecule has 0 amide bonds. The summed E-state index contributed by atoms with van der Waals surface area (Å²) in [5.74, 6) is 0. The molecule has 6 heteroatoms. The zero-order valence-electron chi connectivity index (χ0n) is 11.0. The summed E-state index contributed by atoms with van der Waals surface area (Å²) < 4.78 is 40.5. The van der Waals surface area contributed by atoms with Crippen LogP contribution in [-0.4, -0.2) is 9.55 Å². The first-order chi connectivity index (χ1) is 9.86. The van der Waals surface area contributed by atoms with Crippen LogP contribution in [0.25, 0.3) is 16.7 Å². The summed E-state index contributed by atoms with van der Waals surface area (Å²) in [4.78, 5) is 3.01. The molecule has 2 nitrogen and oxygen atoms in total. The average molecular weight is 308 g/mol. The predicted molar refractivity (Wildman–Crippen MR) is 78.2 cm³/mol. The monoisotopic (exact) mass is 308 g/mol. The smallest absolute Gasteiger partial charge is 0.330 e. The number of halogens is 3. The lowest BCUT2D eigenvalue weighted by Gasteiger charge is -2.10. The van der Waals surface area contributed by atoms with Crippen molar-refractivity contribution in [2.45, 2.75) is 13.1 Å². The molecule has 0 aliphatic rings. The molecule has 2 aromatic carbocycles. The zero-order chi connectivity index (χ0) is 15.2. The molecule has 0 saturated heterocycles. The van der Waals surface area contributed by atoms with E-state index in [0.717, 1.165) is 28.7 Å². The maximum atomic E-state index is 12.8. The second-order valence-corrected chi connectivity index (χ2v) is 5.22. The Hall–Kier alpha value is -2.08. The number of hydrogen-bond donors (Lipinski definition) is 1. The van der Waals surface area contributed by atoms with Gasteiger partial charge in [-0.3, -0.25) is 4.57 Å². The molecule has 0 aliphatic carbocycles. The van der Waals surface area contributed by atoms with Gasteiger partial charge in [0.2, 0.25) is 0 Å². The van der Waals surface area contributed by atoms with Crippen molar-refractivity contribution in [1.82, 2.24) is 9.55 Å². The number of rotatable bonds is 1. The molecule has 108 valence electrons. The number of benzene rings is 2. The van der Waals surface area contributed by atoms with Gasteiger partial charge in [-0.15, -0.1) is 0 Å². The van der Waals surface area contributed by atoms with Gasteiger partial charge in [0.15, 0.2) is 4.77 Å². The van der Waals surface area contributed by atoms with Gasteiger partial charge in [-0.25, -0.2) is 0 Å². The maximum absolute atomic E-state index is 12.8. The van der Waals surface area contributed by atoms with Crippen LogP contribution in [-0.2, 0) is 6.18 Å². The van der Waals surface area contributed by atoms with Gasteiger partial charge in [-0.1, -0.05) is 12.1 Å². The van der Waals surface area contributed by atoms with Crippen LogP contribution in [0.3, 0.4) is 0 Å². The molecule has 1 heterocycles. The van der Waals surface area contributed by atoms with E-state index in [1.165, 1.54) is 6.07 Å². The number of aromatic nitrogens is 2. The van der Waals surface area contributed by atoms with Gasteiger partial charge in [0.25, 0.3) is 0 Å². The third-order valence-corrected chi connectivity index (χ3v) is 3.56. The van der Waals surface area contributed by atoms with Gasteiger partial charge in [0.05, 0.1) is 16.6 Å². The van der Waals surface area contributed by atoms with E-state index in [2.05, 4.69) is 4.98 Å². The number of alkyl halides is 3. The largest absolute Gasteiger partial charge is 0.416 e. The summed E-state index contributed by atoms with van der Waals surface area (Å²) in [6.45, 7) is 1.92. The van der Waals surface area contributed by atoms with Crippen molar-refractivity contribution in [2.75, 3.05) is 0 Å². The molecular weight excluding hydrogens is 297 g/mol. The van der Waals surface area contributed by atoms with Gasteiger partial charge < -0.3 is 4.98 Å². The van der Waals surface area contributed by atoms with Crippen molar-refractivity contribution in [2.24, 2.45) is 0 Å². The molecule has 1 aromatic heterocycles. The number of H-pyrrole nitrogens is 1. The molecule has 21 heavy (non-hydrogen) atoms. The first-order valence-electron chi connectivity index (χ1n) is 6.25. The molecule has 0 unspecified atom stereocenters. The van der Waals surface area contributed by atoms with Crippen LogP contribution in [0.15, 0.2) is 42.5 Å². The number of imidazole rings is 1. The van der Waals surface area contributed by atoms with Crippen LogP contribution in [0.2, 0.25) is 0 Å². The van der Waals surface area contributed by atoms with Crippen LogP contribution < -0.4 is 0 Å². The van der Waals surface area contributed by atoms with Crippen LogP contribution in [0.4, 0.5) is 13.2 Å². The molecule has 0 radical (unpaired) electrons. The van der Waals surface area contributed by atoms with E-state index < -0.39 is 11.7 Å². The third-order valence-electron chi connectivity index (χ3n) is 3.27. The molecular formula is C15H11F3N2S. The summed E-state index contributed by atoms with van der Waals surface area (Å²) in [5.41, 5.74) is 2.27. The van der Waals surface area contributed by atoms with Crippen molar-refractivity contribution >= 4 is 23.3 Å². The van der Waals surface area contributed by atoms with Gasteiger partial charge in [0, 0.05) is 5.69 Å². The van der Waals surface area contributed by atoms with E-state index in [4.69, 9.17) is 12.2 Å². The Morgan fingerprint density at radius 2 is 1.86 bits per heavy atom. The molecule has 0 fully saturated rings. The zero-order valence-corrected chi connectivity index (χ0v) is 11.8. The number of nitrogens with zero attached hydrogens (tertiary/aromatic N) is 1. The van der Waals surface area contributed by atoms with E-state index in [1.54, 1.807) is 10.6 Å². The summed E-state index contributed by atoms with van der Waals surface area (Å²) in [5, 5.41) is 0. The minimum Gasteiger partial charge on any atom is -0.330 e. The van der Waals surface area contributed by atoms with Gasteiger partial charge >= 0.3 is 6.18 Å². The van der Waals surface area contributed by atoms with Crippen molar-refractivity contribution < 1.29 is 13.2 Å². The standard InChI is InChI=1S/C15H11F3N2S/c1-9-5-6-12-13(7-9)20(14(21)19-12)11-4-2-3-10(8-11)15(16,17)18/h2-8H,1H3,(H,19,21). The van der Waals surface area contributed by atoms with E-state index >= 15 is 0 Å². The lowest BCUT2D eigenvalue weighted by atomic mass is 10.2. The Labute approximate surface area is 123 Å². The number of hydrogen-bond acceptors (Lipinski definition) is 1. The topological polar surface area (TPSA) is 20.7 Å². The quantitative estimate of drug-likeness (QED) is 0.626. The fraction of sp³-hybridized carbons (Fsp3) is 0.133. The SMILES string of the molecule is Cc1ccc2[nH]c(=S)n(-c3cccc(C(F)(F)F)c3)c2c1. The highest BCUT2D eigenvalue weighted by molar-refractivity contribution is 7.71. The Kier molecular flexibility index (Phi) is 3.13. The maximum Gasteiger partial charge on any atom is 0.416 e. The minimum atomic E-state index is -4.37. The minimum absolute atomic E-state index is 0.370. The second-order valence-electron chi connectivity index (χ2n) is 4.83. The molecule has 1 N–H and O–H groups in total. The molecule has 3 rings (SSSR count). The van der Waals surface area contributed by atoms with Crippen LogP contribution in [0.1, 0.15) is 11.1 Å². The highest BCUT2D eigenvalue weighted by Crippen LogP contribution is 2.31. The van der Waals surface area contributed by atoms with Crippen molar-refractivity contribution in [3.8, 4) is 5.69 Å². The fourth-order valence-corrected chi connectivity index (χ4v) is 2.60. The normalized spacial score (nSPS) is 12.0. The fourth-order valence-electron chi connectivity index (χ4n) is 2.29. The van der Waals surface area contributed by atoms with E-state index in [-0.39, 0.29) is 0 Å².